The number of carbonyl (C=O) groups is 2. The molecule has 0 spiro atoms. The van der Waals surface area contributed by atoms with Crippen molar-refractivity contribution in [2.24, 2.45) is 0 Å². The number of unbranched alkanes of at least 4 members (excludes halogenated alkanes) is 13. The van der Waals surface area contributed by atoms with Gasteiger partial charge in [-0.1, -0.05) is 181 Å². The molecule has 0 aliphatic carbocycles. The summed E-state index contributed by atoms with van der Waals surface area (Å²) in [5.74, 6) is -0.481. The summed E-state index contributed by atoms with van der Waals surface area (Å²) in [6.07, 6.45) is 72.1. The second kappa shape index (κ2) is 51.6. The van der Waals surface area contributed by atoms with Crippen molar-refractivity contribution in [3.05, 3.63) is 122 Å². The van der Waals surface area contributed by atoms with Crippen LogP contribution >= 0.6 is 0 Å². The molecule has 0 aliphatic rings. The molecule has 1 unspecified atom stereocenters. The lowest BCUT2D eigenvalue weighted by atomic mass is 10.1. The van der Waals surface area contributed by atoms with Crippen molar-refractivity contribution in [1.82, 2.24) is 0 Å². The predicted molar refractivity (Wildman–Crippen MR) is 269 cm³/mol. The van der Waals surface area contributed by atoms with Gasteiger partial charge in [-0.3, -0.25) is 9.59 Å². The Morgan fingerprint density at radius 2 is 0.726 bits per heavy atom. The molecule has 0 saturated heterocycles. The third-order valence-electron chi connectivity index (χ3n) is 9.96. The average molecular weight is 857 g/mol. The maximum absolute atomic E-state index is 12.8. The van der Waals surface area contributed by atoms with E-state index in [2.05, 4.69) is 142 Å². The van der Waals surface area contributed by atoms with Gasteiger partial charge in [-0.15, -0.1) is 0 Å². The number of rotatable bonds is 44. The maximum Gasteiger partial charge on any atom is 0.306 e. The molecule has 0 aromatic carbocycles. The van der Waals surface area contributed by atoms with E-state index in [-0.39, 0.29) is 25.2 Å². The van der Waals surface area contributed by atoms with Crippen LogP contribution in [0.5, 0.6) is 0 Å². The van der Waals surface area contributed by atoms with E-state index in [1.54, 1.807) is 0 Å². The Kier molecular flexibility index (Phi) is 48.6. The minimum absolute atomic E-state index is 0.0407. The van der Waals surface area contributed by atoms with Crippen LogP contribution in [0.15, 0.2) is 122 Å². The largest absolute Gasteiger partial charge is 0.462 e. The fourth-order valence-corrected chi connectivity index (χ4v) is 6.28. The molecule has 0 fully saturated rings. The molecule has 1 atom stereocenters. The molecule has 0 N–H and O–H groups in total. The van der Waals surface area contributed by atoms with Gasteiger partial charge >= 0.3 is 11.9 Å². The lowest BCUT2D eigenvalue weighted by Crippen LogP contribution is -2.30. The first-order valence-corrected chi connectivity index (χ1v) is 25.1. The SMILES string of the molecule is CC/C=C\C/C=C\C/C=C\C/C=C\C/C=C\CCCCOCC(COC(=O)CCCCCCC/C=C\C/C=C\CCCCC)OC(=O)CCCCC/C=C\C/C=C\C/C=C\CC. The van der Waals surface area contributed by atoms with E-state index in [0.29, 0.717) is 19.4 Å². The quantitative estimate of drug-likeness (QED) is 0.0347. The smallest absolute Gasteiger partial charge is 0.306 e. The average Bonchev–Trinajstić information content (AvgIpc) is 3.27. The molecule has 62 heavy (non-hydrogen) atoms. The summed E-state index contributed by atoms with van der Waals surface area (Å²) in [5.41, 5.74) is 0. The maximum atomic E-state index is 12.8. The second-order valence-electron chi connectivity index (χ2n) is 15.9. The highest BCUT2D eigenvalue weighted by Crippen LogP contribution is 2.11. The topological polar surface area (TPSA) is 61.8 Å². The first kappa shape index (κ1) is 58.3. The van der Waals surface area contributed by atoms with Gasteiger partial charge in [0.1, 0.15) is 6.61 Å². The van der Waals surface area contributed by atoms with Crippen LogP contribution in [0.1, 0.15) is 201 Å². The Labute approximate surface area is 382 Å². The summed E-state index contributed by atoms with van der Waals surface area (Å²) in [6.45, 7) is 7.40. The van der Waals surface area contributed by atoms with Crippen LogP contribution in [0.4, 0.5) is 0 Å². The highest BCUT2D eigenvalue weighted by atomic mass is 16.6. The van der Waals surface area contributed by atoms with E-state index in [1.807, 2.05) is 0 Å². The molecule has 350 valence electrons. The predicted octanol–water partition coefficient (Wildman–Crippen LogP) is 17.0. The molecule has 0 bridgehead atoms. The first-order valence-electron chi connectivity index (χ1n) is 25.1. The van der Waals surface area contributed by atoms with Gasteiger partial charge in [0.2, 0.25) is 0 Å². The normalized spacial score (nSPS) is 13.3. The lowest BCUT2D eigenvalue weighted by molar-refractivity contribution is -0.163. The summed E-state index contributed by atoms with van der Waals surface area (Å²) in [4.78, 5) is 25.4. The van der Waals surface area contributed by atoms with Gasteiger partial charge in [-0.05, 0) is 128 Å². The molecule has 0 aliphatic heterocycles. The van der Waals surface area contributed by atoms with Gasteiger partial charge < -0.3 is 14.2 Å². The van der Waals surface area contributed by atoms with E-state index >= 15 is 0 Å². The third kappa shape index (κ3) is 49.0. The zero-order valence-corrected chi connectivity index (χ0v) is 40.1. The van der Waals surface area contributed by atoms with E-state index in [1.165, 1.54) is 38.5 Å². The highest BCUT2D eigenvalue weighted by Gasteiger charge is 2.17. The van der Waals surface area contributed by atoms with E-state index < -0.39 is 6.10 Å². The molecule has 5 heteroatoms. The van der Waals surface area contributed by atoms with Crippen LogP contribution in [0.2, 0.25) is 0 Å². The molecule has 0 aromatic heterocycles. The van der Waals surface area contributed by atoms with Crippen molar-refractivity contribution in [3.8, 4) is 0 Å². The Balaban J connectivity index is 4.44. The summed E-state index contributed by atoms with van der Waals surface area (Å²) < 4.78 is 17.3. The number of hydrogen-bond donors (Lipinski definition) is 0. The molecule has 0 rings (SSSR count). The van der Waals surface area contributed by atoms with E-state index in [9.17, 15) is 9.59 Å². The third-order valence-corrected chi connectivity index (χ3v) is 9.96. The van der Waals surface area contributed by atoms with Crippen molar-refractivity contribution in [1.29, 1.82) is 0 Å². The minimum atomic E-state index is -0.588. The number of carbonyl (C=O) groups excluding carboxylic acids is 2. The molecule has 0 radical (unpaired) electrons. The Morgan fingerprint density at radius 3 is 1.18 bits per heavy atom. The van der Waals surface area contributed by atoms with Crippen LogP contribution in [0.3, 0.4) is 0 Å². The van der Waals surface area contributed by atoms with Crippen molar-refractivity contribution in [3.63, 3.8) is 0 Å². The number of ether oxygens (including phenoxy) is 3. The summed E-state index contributed by atoms with van der Waals surface area (Å²) in [5, 5.41) is 0. The Bertz CT molecular complexity index is 1290. The van der Waals surface area contributed by atoms with Gasteiger partial charge in [-0.2, -0.15) is 0 Å². The summed E-state index contributed by atoms with van der Waals surface area (Å²) in [6, 6.07) is 0. The zero-order valence-electron chi connectivity index (χ0n) is 40.1. The molecule has 0 aromatic rings. The number of esters is 2. The van der Waals surface area contributed by atoms with Gasteiger partial charge in [-0.25, -0.2) is 0 Å². The minimum Gasteiger partial charge on any atom is -0.462 e. The first-order chi connectivity index (χ1) is 30.6. The van der Waals surface area contributed by atoms with Gasteiger partial charge in [0.05, 0.1) is 6.61 Å². The van der Waals surface area contributed by atoms with Crippen LogP contribution < -0.4 is 0 Å². The Morgan fingerprint density at radius 1 is 0.371 bits per heavy atom. The van der Waals surface area contributed by atoms with Gasteiger partial charge in [0.15, 0.2) is 6.10 Å². The monoisotopic (exact) mass is 857 g/mol. The molecule has 0 saturated carbocycles. The molecule has 0 heterocycles. The second-order valence-corrected chi connectivity index (χ2v) is 15.9. The standard InChI is InChI=1S/C57H92O5/c1-4-7-10-13-16-19-22-25-27-28-29-31-34-37-40-43-46-49-52-60-53-55(62-57(59)51-48-45-42-39-36-32-24-21-18-15-12-9-6-3)54-61-56(58)50-47-44-41-38-35-33-30-26-23-20-17-14-11-8-5-2/h7,9-10,12,16-21,25-27,29-32,36-37,40,55H,4-6,8,11,13-15,22-24,28,33-35,38-39,41-54H2,1-3H3/b10-7-,12-9-,19-16-,20-17-,21-18-,27-25-,30-26-,31-29-,36-32-,40-37-. The van der Waals surface area contributed by atoms with Crippen molar-refractivity contribution in [2.75, 3.05) is 19.8 Å². The van der Waals surface area contributed by atoms with Crippen molar-refractivity contribution in [2.45, 2.75) is 207 Å². The molecular weight excluding hydrogens is 765 g/mol. The Hall–Kier alpha value is -3.70. The number of hydrogen-bond acceptors (Lipinski definition) is 5. The highest BCUT2D eigenvalue weighted by molar-refractivity contribution is 5.70. The lowest BCUT2D eigenvalue weighted by Gasteiger charge is -2.18. The molecule has 0 amide bonds. The van der Waals surface area contributed by atoms with Gasteiger partial charge in [0, 0.05) is 19.4 Å². The molecule has 5 nitrogen and oxygen atoms in total. The fourth-order valence-electron chi connectivity index (χ4n) is 6.28. The van der Waals surface area contributed by atoms with Gasteiger partial charge in [0.25, 0.3) is 0 Å². The van der Waals surface area contributed by atoms with Crippen LogP contribution in [-0.4, -0.2) is 37.9 Å². The van der Waals surface area contributed by atoms with E-state index in [4.69, 9.17) is 14.2 Å². The zero-order chi connectivity index (χ0) is 44.9. The summed E-state index contributed by atoms with van der Waals surface area (Å²) >= 11 is 0. The van der Waals surface area contributed by atoms with Crippen LogP contribution in [0, 0.1) is 0 Å². The van der Waals surface area contributed by atoms with Crippen molar-refractivity contribution >= 4 is 11.9 Å². The van der Waals surface area contributed by atoms with E-state index in [0.717, 1.165) is 128 Å². The fraction of sp³-hybridized carbons (Fsp3) is 0.614. The number of allylic oxidation sites excluding steroid dienone is 20. The van der Waals surface area contributed by atoms with Crippen molar-refractivity contribution < 1.29 is 23.8 Å². The van der Waals surface area contributed by atoms with Crippen LogP contribution in [0.25, 0.3) is 0 Å². The van der Waals surface area contributed by atoms with Crippen LogP contribution in [-0.2, 0) is 23.8 Å². The summed E-state index contributed by atoms with van der Waals surface area (Å²) in [7, 11) is 0. The molecular formula is C57H92O5.